The molecule has 112 valence electrons. The van der Waals surface area contributed by atoms with Crippen LogP contribution in [0.1, 0.15) is 40.0 Å². The van der Waals surface area contributed by atoms with Crippen molar-refractivity contribution in [1.82, 2.24) is 0 Å². The molecule has 0 N–H and O–H groups in total. The maximum atomic E-state index is 13.2. The van der Waals surface area contributed by atoms with Gasteiger partial charge in [0, 0.05) is 24.6 Å². The number of para-hydroxylation sites is 1. The van der Waals surface area contributed by atoms with E-state index in [1.807, 2.05) is 44.3 Å². The number of ketones is 1. The van der Waals surface area contributed by atoms with Crippen LogP contribution in [-0.4, -0.2) is 18.7 Å². The minimum Gasteiger partial charge on any atom is -0.315 e. The first-order chi connectivity index (χ1) is 9.76. The predicted octanol–water partition coefficient (Wildman–Crippen LogP) is 3.43. The maximum absolute atomic E-state index is 13.2. The van der Waals surface area contributed by atoms with Gasteiger partial charge < -0.3 is 4.90 Å². The quantitative estimate of drug-likeness (QED) is 0.834. The minimum atomic E-state index is -0.538. The van der Waals surface area contributed by atoms with Crippen molar-refractivity contribution in [3.8, 4) is 0 Å². The van der Waals surface area contributed by atoms with Gasteiger partial charge in [-0.25, -0.2) is 0 Å². The third kappa shape index (κ3) is 1.55. The van der Waals surface area contributed by atoms with E-state index in [4.69, 9.17) is 0 Å². The van der Waals surface area contributed by atoms with E-state index in [-0.39, 0.29) is 22.5 Å². The lowest BCUT2D eigenvalue weighted by Gasteiger charge is -2.40. The summed E-state index contributed by atoms with van der Waals surface area (Å²) in [6, 6.07) is 9.68. The van der Waals surface area contributed by atoms with Crippen LogP contribution in [0.4, 0.5) is 5.69 Å². The van der Waals surface area contributed by atoms with E-state index in [0.29, 0.717) is 6.42 Å². The van der Waals surface area contributed by atoms with Crippen LogP contribution in [-0.2, 0) is 9.59 Å². The smallest absolute Gasteiger partial charge is 0.233 e. The molecular formula is C18H23NO2. The molecule has 2 fully saturated rings. The van der Waals surface area contributed by atoms with Gasteiger partial charge in [0.1, 0.15) is 5.78 Å². The second kappa shape index (κ2) is 4.19. The van der Waals surface area contributed by atoms with E-state index in [2.05, 4.69) is 13.8 Å². The molecule has 1 aromatic carbocycles. The van der Waals surface area contributed by atoms with Crippen molar-refractivity contribution < 1.29 is 9.59 Å². The summed E-state index contributed by atoms with van der Waals surface area (Å²) in [5.41, 5.74) is -0.276. The molecular weight excluding hydrogens is 262 g/mol. The van der Waals surface area contributed by atoms with Crippen LogP contribution in [0.5, 0.6) is 0 Å². The lowest BCUT2D eigenvalue weighted by atomic mass is 9.64. The summed E-state index contributed by atoms with van der Waals surface area (Å²) in [6.07, 6.45) is 2.04. The highest BCUT2D eigenvalue weighted by Gasteiger charge is 2.72. The van der Waals surface area contributed by atoms with Crippen LogP contribution in [0.3, 0.4) is 0 Å². The second-order valence-corrected chi connectivity index (χ2v) is 7.34. The third-order valence-corrected chi connectivity index (χ3v) is 6.56. The second-order valence-electron chi connectivity index (χ2n) is 7.34. The molecule has 0 radical (unpaired) electrons. The molecule has 2 atom stereocenters. The number of carbonyl (C=O) groups excluding carboxylic acids is 2. The van der Waals surface area contributed by atoms with Crippen LogP contribution in [0.15, 0.2) is 30.3 Å². The summed E-state index contributed by atoms with van der Waals surface area (Å²) >= 11 is 0. The lowest BCUT2D eigenvalue weighted by Crippen LogP contribution is -2.47. The lowest BCUT2D eigenvalue weighted by molar-refractivity contribution is -0.133. The van der Waals surface area contributed by atoms with Gasteiger partial charge in [0.2, 0.25) is 5.91 Å². The molecule has 1 amide bonds. The summed E-state index contributed by atoms with van der Waals surface area (Å²) < 4.78 is 0. The molecule has 2 aliphatic carbocycles. The highest BCUT2D eigenvalue weighted by molar-refractivity contribution is 6.05. The average Bonchev–Trinajstić information content (AvgIpc) is 2.77. The fourth-order valence-corrected chi connectivity index (χ4v) is 4.42. The highest BCUT2D eigenvalue weighted by atomic mass is 16.2. The Morgan fingerprint density at radius 1 is 1.10 bits per heavy atom. The molecule has 0 unspecified atom stereocenters. The van der Waals surface area contributed by atoms with Crippen LogP contribution >= 0.6 is 0 Å². The van der Waals surface area contributed by atoms with E-state index >= 15 is 0 Å². The van der Waals surface area contributed by atoms with Gasteiger partial charge in [0.05, 0.1) is 5.41 Å². The number of hydrogen-bond donors (Lipinski definition) is 0. The largest absolute Gasteiger partial charge is 0.315 e. The average molecular weight is 285 g/mol. The van der Waals surface area contributed by atoms with Gasteiger partial charge in [-0.15, -0.1) is 0 Å². The normalized spacial score (nSPS) is 33.2. The number of rotatable bonds is 2. The standard InChI is InChI=1S/C18H23NO2/c1-16(2)17(3)10-11-18(16,12-14(17)20)15(21)19(4)13-8-6-5-7-9-13/h5-9H,10-12H2,1-4H3/t17-,18+/m1/s1. The zero-order chi connectivity index (χ0) is 15.5. The zero-order valence-corrected chi connectivity index (χ0v) is 13.3. The summed E-state index contributed by atoms with van der Waals surface area (Å²) in [5.74, 6) is 0.349. The van der Waals surface area contributed by atoms with E-state index in [1.54, 1.807) is 4.90 Å². The van der Waals surface area contributed by atoms with Crippen molar-refractivity contribution >= 4 is 17.4 Å². The first-order valence-corrected chi connectivity index (χ1v) is 7.63. The predicted molar refractivity (Wildman–Crippen MR) is 83.0 cm³/mol. The Bertz CT molecular complexity index is 607. The van der Waals surface area contributed by atoms with Crippen molar-refractivity contribution in [2.45, 2.75) is 40.0 Å². The Morgan fingerprint density at radius 3 is 2.19 bits per heavy atom. The topological polar surface area (TPSA) is 37.4 Å². The number of fused-ring (bicyclic) bond motifs is 2. The molecule has 0 aliphatic heterocycles. The van der Waals surface area contributed by atoms with Gasteiger partial charge in [0.15, 0.2) is 0 Å². The first-order valence-electron chi connectivity index (χ1n) is 7.63. The van der Waals surface area contributed by atoms with Crippen molar-refractivity contribution in [3.05, 3.63) is 30.3 Å². The van der Waals surface area contributed by atoms with Crippen molar-refractivity contribution in [2.75, 3.05) is 11.9 Å². The van der Waals surface area contributed by atoms with Crippen molar-refractivity contribution in [2.24, 2.45) is 16.2 Å². The number of Topliss-reactive ketones (excluding diaryl/α,β-unsaturated/α-hetero) is 1. The Labute approximate surface area is 126 Å². The van der Waals surface area contributed by atoms with Crippen molar-refractivity contribution in [1.29, 1.82) is 0 Å². The summed E-state index contributed by atoms with van der Waals surface area (Å²) in [6.45, 7) is 6.24. The van der Waals surface area contributed by atoms with Gasteiger partial charge >= 0.3 is 0 Å². The minimum absolute atomic E-state index is 0.0910. The zero-order valence-electron chi connectivity index (χ0n) is 13.3. The van der Waals surface area contributed by atoms with Gasteiger partial charge in [0.25, 0.3) is 0 Å². The molecule has 21 heavy (non-hydrogen) atoms. The Hall–Kier alpha value is -1.64. The first kappa shape index (κ1) is 14.3. The van der Waals surface area contributed by atoms with E-state index in [9.17, 15) is 9.59 Å². The number of nitrogens with zero attached hydrogens (tertiary/aromatic N) is 1. The number of benzene rings is 1. The molecule has 0 heterocycles. The summed E-state index contributed by atoms with van der Waals surface area (Å²) in [4.78, 5) is 27.4. The van der Waals surface area contributed by atoms with E-state index in [1.165, 1.54) is 0 Å². The third-order valence-electron chi connectivity index (χ3n) is 6.56. The van der Waals surface area contributed by atoms with Gasteiger partial charge in [-0.05, 0) is 30.4 Å². The molecule has 3 nitrogen and oxygen atoms in total. The number of hydrogen-bond acceptors (Lipinski definition) is 2. The molecule has 3 heteroatoms. The van der Waals surface area contributed by atoms with Crippen LogP contribution in [0.2, 0.25) is 0 Å². The van der Waals surface area contributed by atoms with Crippen LogP contribution in [0, 0.1) is 16.2 Å². The van der Waals surface area contributed by atoms with Gasteiger partial charge in [-0.1, -0.05) is 39.0 Å². The monoisotopic (exact) mass is 285 g/mol. The molecule has 2 saturated carbocycles. The SMILES string of the molecule is CN(C(=O)[C@]12CC[C@](C)(C(=O)C1)C2(C)C)c1ccccc1. The molecule has 2 bridgehead atoms. The maximum Gasteiger partial charge on any atom is 0.233 e. The number of carbonyl (C=O) groups is 2. The van der Waals surface area contributed by atoms with Gasteiger partial charge in [-0.3, -0.25) is 9.59 Å². The van der Waals surface area contributed by atoms with Gasteiger partial charge in [-0.2, -0.15) is 0 Å². The van der Waals surface area contributed by atoms with E-state index in [0.717, 1.165) is 18.5 Å². The molecule has 2 aliphatic rings. The van der Waals surface area contributed by atoms with E-state index < -0.39 is 5.41 Å². The van der Waals surface area contributed by atoms with Crippen LogP contribution in [0.25, 0.3) is 0 Å². The molecule has 0 spiro atoms. The van der Waals surface area contributed by atoms with Crippen molar-refractivity contribution in [3.63, 3.8) is 0 Å². The molecule has 1 aromatic rings. The van der Waals surface area contributed by atoms with Crippen LogP contribution < -0.4 is 4.90 Å². The highest BCUT2D eigenvalue weighted by Crippen LogP contribution is 2.71. The molecule has 3 rings (SSSR count). The fourth-order valence-electron chi connectivity index (χ4n) is 4.42. The molecule has 0 saturated heterocycles. The summed E-state index contributed by atoms with van der Waals surface area (Å²) in [5, 5.41) is 0. The Morgan fingerprint density at radius 2 is 1.71 bits per heavy atom. The Balaban J connectivity index is 2.01. The fraction of sp³-hybridized carbons (Fsp3) is 0.556. The number of anilines is 1. The number of amides is 1. The molecule has 0 aromatic heterocycles. The Kier molecular flexibility index (Phi) is 2.85. The summed E-state index contributed by atoms with van der Waals surface area (Å²) in [7, 11) is 1.82.